The summed E-state index contributed by atoms with van der Waals surface area (Å²) >= 11 is 0. The maximum atomic E-state index is 2.55. The van der Waals surface area contributed by atoms with Crippen LogP contribution in [0, 0.1) is 0 Å². The maximum Gasteiger partial charge on any atom is 0.0725 e. The molecule has 356 valence electrons. The molecule has 0 N–H and O–H groups in total. The van der Waals surface area contributed by atoms with E-state index in [0.717, 1.165) is 0 Å². The van der Waals surface area contributed by atoms with Crippen molar-refractivity contribution in [3.63, 3.8) is 0 Å². The Labute approximate surface area is 440 Å². The van der Waals surface area contributed by atoms with Crippen LogP contribution in [-0.4, -0.2) is 0 Å². The lowest BCUT2D eigenvalue weighted by molar-refractivity contribution is 0.591. The Morgan fingerprint density at radius 2 is 0.680 bits per heavy atom. The van der Waals surface area contributed by atoms with Crippen LogP contribution < -0.4 is 0 Å². The molecule has 0 saturated carbocycles. The van der Waals surface area contributed by atoms with Gasteiger partial charge in [-0.1, -0.05) is 224 Å². The van der Waals surface area contributed by atoms with E-state index >= 15 is 0 Å². The fraction of sp³-hybridized carbons (Fsp3) is 0.147. The van der Waals surface area contributed by atoms with Crippen LogP contribution in [0.2, 0.25) is 0 Å². The van der Waals surface area contributed by atoms with Crippen LogP contribution in [-0.2, 0) is 21.7 Å². The molecule has 0 aromatic heterocycles. The standard InChI is InChI=1S/C75H56/c1-72(2,3)52-36-49-23-24-51-42-68-71(60-34-29-50(37-52)69(49)70(51)60)59-33-28-46(39-65(59)74(68,6)7)48-27-32-58-57-31-26-47(40-66(57)75(67(58)41-48)62-21-12-9-18-54(62)55-19-10-13-22-63(55)75)44-16-14-15-43(35-44)45-25-30-56-53-17-8-11-20-61(53)73(4,5)64(56)38-45/h8-42H,1-7H3. The van der Waals surface area contributed by atoms with Crippen molar-refractivity contribution >= 4 is 32.3 Å². The number of benzene rings is 12. The third-order valence-electron chi connectivity index (χ3n) is 18.8. The number of fused-ring (bicyclic) bond motifs is 17. The van der Waals surface area contributed by atoms with Crippen molar-refractivity contribution in [2.75, 3.05) is 0 Å². The molecule has 0 atom stereocenters. The van der Waals surface area contributed by atoms with Crippen LogP contribution in [0.3, 0.4) is 0 Å². The van der Waals surface area contributed by atoms with E-state index in [1.54, 1.807) is 0 Å². The molecule has 0 bridgehead atoms. The molecule has 12 aromatic rings. The van der Waals surface area contributed by atoms with Gasteiger partial charge in [0.25, 0.3) is 0 Å². The summed E-state index contributed by atoms with van der Waals surface area (Å²) in [5.74, 6) is 0. The minimum Gasteiger partial charge on any atom is -0.0619 e. The number of rotatable bonds is 3. The van der Waals surface area contributed by atoms with Crippen molar-refractivity contribution in [3.05, 3.63) is 262 Å². The third kappa shape index (κ3) is 5.57. The summed E-state index contributed by atoms with van der Waals surface area (Å²) in [4.78, 5) is 0. The molecule has 0 heterocycles. The zero-order valence-corrected chi connectivity index (χ0v) is 43.7. The van der Waals surface area contributed by atoms with Crippen LogP contribution in [0.5, 0.6) is 0 Å². The topological polar surface area (TPSA) is 0 Å². The Balaban J connectivity index is 0.836. The summed E-state index contributed by atoms with van der Waals surface area (Å²) in [6.45, 7) is 16.6. The molecule has 4 aliphatic carbocycles. The molecule has 75 heavy (non-hydrogen) atoms. The molecule has 1 spiro atoms. The molecule has 0 nitrogen and oxygen atoms in total. The molecule has 0 heteroatoms. The van der Waals surface area contributed by atoms with Crippen LogP contribution in [0.1, 0.15) is 98.5 Å². The van der Waals surface area contributed by atoms with Crippen molar-refractivity contribution in [1.29, 1.82) is 0 Å². The van der Waals surface area contributed by atoms with Crippen LogP contribution in [0.15, 0.2) is 212 Å². The molecule has 0 aliphatic heterocycles. The lowest BCUT2D eigenvalue weighted by Gasteiger charge is -2.31. The van der Waals surface area contributed by atoms with Gasteiger partial charge in [-0.15, -0.1) is 0 Å². The van der Waals surface area contributed by atoms with E-state index in [9.17, 15) is 0 Å². The van der Waals surface area contributed by atoms with E-state index in [-0.39, 0.29) is 16.2 Å². The van der Waals surface area contributed by atoms with Gasteiger partial charge in [0.1, 0.15) is 0 Å². The highest BCUT2D eigenvalue weighted by Gasteiger charge is 2.52. The van der Waals surface area contributed by atoms with Gasteiger partial charge in [0.15, 0.2) is 0 Å². The first-order valence-corrected chi connectivity index (χ1v) is 27.1. The van der Waals surface area contributed by atoms with E-state index in [0.29, 0.717) is 0 Å². The third-order valence-corrected chi connectivity index (χ3v) is 18.8. The summed E-state index contributed by atoms with van der Waals surface area (Å²) in [5.41, 5.74) is 30.0. The SMILES string of the molecule is CC(C)(C)c1cc2ccc3cc4c(c5ccc(c1)c2c35)-c1ccc(-c2ccc3c(c2)C2(c5ccccc5-c5ccccc52)c2cc(-c5cccc(-c6ccc7c(c6)C(C)(C)c6ccccc6-7)c5)ccc2-3)cc1C4(C)C. The summed E-state index contributed by atoms with van der Waals surface area (Å²) in [6.07, 6.45) is 0. The minimum absolute atomic E-state index is 0.0548. The predicted octanol–water partition coefficient (Wildman–Crippen LogP) is 19.8. The summed E-state index contributed by atoms with van der Waals surface area (Å²) in [6, 6.07) is 82.6. The Morgan fingerprint density at radius 1 is 0.280 bits per heavy atom. The van der Waals surface area contributed by atoms with Gasteiger partial charge in [-0.25, -0.2) is 0 Å². The van der Waals surface area contributed by atoms with Crippen LogP contribution in [0.4, 0.5) is 0 Å². The Bertz CT molecular complexity index is 4440. The highest BCUT2D eigenvalue weighted by atomic mass is 14.5. The average molecular weight is 957 g/mol. The maximum absolute atomic E-state index is 2.55. The Kier molecular flexibility index (Phi) is 8.33. The van der Waals surface area contributed by atoms with Crippen molar-refractivity contribution in [3.8, 4) is 77.9 Å². The second kappa shape index (κ2) is 14.5. The van der Waals surface area contributed by atoms with Gasteiger partial charge >= 0.3 is 0 Å². The highest BCUT2D eigenvalue weighted by molar-refractivity contribution is 6.27. The fourth-order valence-electron chi connectivity index (χ4n) is 15.0. The largest absolute Gasteiger partial charge is 0.0725 e. The number of hydrogen-bond donors (Lipinski definition) is 0. The van der Waals surface area contributed by atoms with Gasteiger partial charge < -0.3 is 0 Å². The molecule has 0 unspecified atom stereocenters. The van der Waals surface area contributed by atoms with E-state index in [1.165, 1.54) is 160 Å². The first-order valence-electron chi connectivity index (χ1n) is 27.1. The molecule has 12 aromatic carbocycles. The molecule has 4 aliphatic rings. The normalized spacial score (nSPS) is 15.5. The van der Waals surface area contributed by atoms with Gasteiger partial charge in [0.2, 0.25) is 0 Å². The average Bonchev–Trinajstić information content (AvgIpc) is 4.27. The zero-order chi connectivity index (χ0) is 50.5. The van der Waals surface area contributed by atoms with Crippen LogP contribution in [0.25, 0.3) is 110 Å². The first kappa shape index (κ1) is 43.1. The van der Waals surface area contributed by atoms with Crippen molar-refractivity contribution in [2.45, 2.75) is 70.1 Å². The smallest absolute Gasteiger partial charge is 0.0619 e. The molecule has 0 saturated heterocycles. The Morgan fingerprint density at radius 3 is 1.23 bits per heavy atom. The van der Waals surface area contributed by atoms with Crippen molar-refractivity contribution in [2.24, 2.45) is 0 Å². The van der Waals surface area contributed by atoms with E-state index < -0.39 is 5.41 Å². The molecular formula is C75H56. The fourth-order valence-corrected chi connectivity index (χ4v) is 15.0. The Hall–Kier alpha value is -8.32. The van der Waals surface area contributed by atoms with Gasteiger partial charge in [-0.3, -0.25) is 0 Å². The van der Waals surface area contributed by atoms with Crippen LogP contribution >= 0.6 is 0 Å². The molecule has 0 amide bonds. The van der Waals surface area contributed by atoms with Gasteiger partial charge in [0, 0.05) is 10.8 Å². The summed E-state index contributed by atoms with van der Waals surface area (Å²) < 4.78 is 0. The molecule has 0 radical (unpaired) electrons. The van der Waals surface area contributed by atoms with Gasteiger partial charge in [0.05, 0.1) is 5.41 Å². The lowest BCUT2D eigenvalue weighted by Crippen LogP contribution is -2.26. The monoisotopic (exact) mass is 956 g/mol. The number of hydrogen-bond acceptors (Lipinski definition) is 0. The molecular weight excluding hydrogens is 901 g/mol. The summed E-state index contributed by atoms with van der Waals surface area (Å²) in [7, 11) is 0. The van der Waals surface area contributed by atoms with E-state index in [1.807, 2.05) is 0 Å². The van der Waals surface area contributed by atoms with E-state index in [4.69, 9.17) is 0 Å². The predicted molar refractivity (Wildman–Crippen MR) is 317 cm³/mol. The van der Waals surface area contributed by atoms with Crippen molar-refractivity contribution < 1.29 is 0 Å². The zero-order valence-electron chi connectivity index (χ0n) is 43.7. The molecule has 16 rings (SSSR count). The van der Waals surface area contributed by atoms with Gasteiger partial charge in [-0.2, -0.15) is 0 Å². The second-order valence-corrected chi connectivity index (χ2v) is 24.4. The van der Waals surface area contributed by atoms with Gasteiger partial charge in [-0.05, 0) is 202 Å². The first-order chi connectivity index (χ1) is 36.3. The second-order valence-electron chi connectivity index (χ2n) is 24.4. The van der Waals surface area contributed by atoms with Crippen molar-refractivity contribution in [1.82, 2.24) is 0 Å². The molecule has 0 fully saturated rings. The minimum atomic E-state index is -0.487. The highest BCUT2D eigenvalue weighted by Crippen LogP contribution is 2.64. The van der Waals surface area contributed by atoms with E-state index in [2.05, 4.69) is 261 Å². The lowest BCUT2D eigenvalue weighted by atomic mass is 9.70. The quantitative estimate of drug-likeness (QED) is 0.155. The summed E-state index contributed by atoms with van der Waals surface area (Å²) in [5, 5.41) is 8.14.